The van der Waals surface area contributed by atoms with Gasteiger partial charge in [0.1, 0.15) is 5.75 Å². The van der Waals surface area contributed by atoms with E-state index in [1.54, 1.807) is 12.1 Å². The van der Waals surface area contributed by atoms with Crippen LogP contribution in [0.3, 0.4) is 0 Å². The number of benzene rings is 3. The first-order valence-electron chi connectivity index (χ1n) is 8.15. The van der Waals surface area contributed by atoms with Gasteiger partial charge in [0.2, 0.25) is 5.78 Å². The molecule has 0 spiro atoms. The molecule has 0 aliphatic heterocycles. The molecule has 3 aromatic carbocycles. The van der Waals surface area contributed by atoms with Crippen LogP contribution >= 0.6 is 0 Å². The van der Waals surface area contributed by atoms with E-state index in [4.69, 9.17) is 4.98 Å². The molecule has 0 unspecified atom stereocenters. The Bertz CT molecular complexity index is 1200. The minimum Gasteiger partial charge on any atom is -0.508 e. The number of phenolic OH excluding ortho intramolecular Hbond substituents is 1. The summed E-state index contributed by atoms with van der Waals surface area (Å²) in [5.74, 6) is 1.06. The highest BCUT2D eigenvalue weighted by atomic mass is 16.3. The quantitative estimate of drug-likeness (QED) is 0.513. The zero-order valence-corrected chi connectivity index (χ0v) is 13.4. The van der Waals surface area contributed by atoms with Gasteiger partial charge in [0.05, 0.1) is 22.4 Å². The number of nitrogens with zero attached hydrogens (tertiary/aromatic N) is 3. The second-order valence-corrected chi connectivity index (χ2v) is 6.01. The standard InChI is InChI=1S/C21H15N3O/c25-17-10-6-9-16(13-17)24-20(15-7-2-1-3-8-15)14-23-19-12-5-4-11-18(19)22-21(23)24/h1-14,25H. The van der Waals surface area contributed by atoms with Crippen LogP contribution in [-0.2, 0) is 0 Å². The number of hydrogen-bond donors (Lipinski definition) is 1. The number of para-hydroxylation sites is 2. The van der Waals surface area contributed by atoms with Crippen molar-refractivity contribution in [1.29, 1.82) is 0 Å². The maximum atomic E-state index is 9.94. The summed E-state index contributed by atoms with van der Waals surface area (Å²) in [5.41, 5.74) is 5.02. The Labute approximate surface area is 144 Å². The molecule has 0 bridgehead atoms. The van der Waals surface area contributed by atoms with Gasteiger partial charge >= 0.3 is 0 Å². The average molecular weight is 325 g/mol. The Hall–Kier alpha value is -3.53. The zero-order chi connectivity index (χ0) is 16.8. The minimum atomic E-state index is 0.236. The highest BCUT2D eigenvalue weighted by Crippen LogP contribution is 2.30. The fraction of sp³-hybridized carbons (Fsp3) is 0. The molecule has 120 valence electrons. The number of rotatable bonds is 2. The lowest BCUT2D eigenvalue weighted by atomic mass is 10.1. The number of fused-ring (bicyclic) bond motifs is 3. The van der Waals surface area contributed by atoms with E-state index in [2.05, 4.69) is 33.4 Å². The molecule has 0 saturated carbocycles. The first-order valence-corrected chi connectivity index (χ1v) is 8.15. The Morgan fingerprint density at radius 1 is 0.800 bits per heavy atom. The number of aromatic hydroxyl groups is 1. The smallest absolute Gasteiger partial charge is 0.220 e. The third-order valence-corrected chi connectivity index (χ3v) is 4.43. The first-order chi connectivity index (χ1) is 12.3. The van der Waals surface area contributed by atoms with E-state index in [0.29, 0.717) is 0 Å². The normalized spacial score (nSPS) is 11.4. The van der Waals surface area contributed by atoms with E-state index in [9.17, 15) is 5.11 Å². The second kappa shape index (κ2) is 5.24. The van der Waals surface area contributed by atoms with Crippen LogP contribution in [0.5, 0.6) is 5.75 Å². The van der Waals surface area contributed by atoms with Crippen molar-refractivity contribution < 1.29 is 5.11 Å². The summed E-state index contributed by atoms with van der Waals surface area (Å²) in [6.07, 6.45) is 2.10. The van der Waals surface area contributed by atoms with E-state index in [-0.39, 0.29) is 5.75 Å². The lowest BCUT2D eigenvalue weighted by Crippen LogP contribution is -1.97. The third kappa shape index (κ3) is 2.11. The summed E-state index contributed by atoms with van der Waals surface area (Å²) >= 11 is 0. The van der Waals surface area contributed by atoms with Crippen molar-refractivity contribution in [2.75, 3.05) is 0 Å². The molecule has 0 amide bonds. The highest BCUT2D eigenvalue weighted by Gasteiger charge is 2.16. The molecule has 25 heavy (non-hydrogen) atoms. The Kier molecular flexibility index (Phi) is 2.91. The van der Waals surface area contributed by atoms with Crippen LogP contribution in [0.1, 0.15) is 0 Å². The average Bonchev–Trinajstić information content (AvgIpc) is 3.18. The topological polar surface area (TPSA) is 42.5 Å². The molecule has 0 aliphatic rings. The summed E-state index contributed by atoms with van der Waals surface area (Å²) in [6.45, 7) is 0. The summed E-state index contributed by atoms with van der Waals surface area (Å²) in [7, 11) is 0. The maximum absolute atomic E-state index is 9.94. The number of imidazole rings is 2. The van der Waals surface area contributed by atoms with E-state index in [0.717, 1.165) is 33.8 Å². The van der Waals surface area contributed by atoms with E-state index < -0.39 is 0 Å². The van der Waals surface area contributed by atoms with Gasteiger partial charge in [-0.1, -0.05) is 48.5 Å². The van der Waals surface area contributed by atoms with E-state index >= 15 is 0 Å². The van der Waals surface area contributed by atoms with Gasteiger partial charge in [-0.15, -0.1) is 0 Å². The van der Waals surface area contributed by atoms with Gasteiger partial charge in [0, 0.05) is 17.8 Å². The number of hydrogen-bond acceptors (Lipinski definition) is 2. The minimum absolute atomic E-state index is 0.236. The van der Waals surface area contributed by atoms with Crippen LogP contribution in [0.25, 0.3) is 33.8 Å². The van der Waals surface area contributed by atoms with Crippen LogP contribution in [-0.4, -0.2) is 19.1 Å². The summed E-state index contributed by atoms with van der Waals surface area (Å²) < 4.78 is 4.18. The van der Waals surface area contributed by atoms with Gasteiger partial charge in [0.25, 0.3) is 0 Å². The van der Waals surface area contributed by atoms with Crippen LogP contribution in [0, 0.1) is 0 Å². The van der Waals surface area contributed by atoms with Crippen molar-refractivity contribution in [3.05, 3.63) is 85.1 Å². The van der Waals surface area contributed by atoms with Gasteiger partial charge in [-0.05, 0) is 24.3 Å². The van der Waals surface area contributed by atoms with Crippen molar-refractivity contribution in [1.82, 2.24) is 14.0 Å². The largest absolute Gasteiger partial charge is 0.508 e. The lowest BCUT2D eigenvalue weighted by molar-refractivity contribution is 0.475. The monoisotopic (exact) mass is 325 g/mol. The Balaban J connectivity index is 1.91. The van der Waals surface area contributed by atoms with Crippen molar-refractivity contribution in [3.8, 4) is 22.7 Å². The molecule has 0 atom stereocenters. The van der Waals surface area contributed by atoms with Crippen molar-refractivity contribution in [2.45, 2.75) is 0 Å². The third-order valence-electron chi connectivity index (χ3n) is 4.43. The molecule has 5 rings (SSSR count). The molecule has 0 saturated heterocycles. The van der Waals surface area contributed by atoms with Gasteiger partial charge in [-0.25, -0.2) is 4.98 Å². The van der Waals surface area contributed by atoms with Crippen LogP contribution < -0.4 is 0 Å². The summed E-state index contributed by atoms with van der Waals surface area (Å²) in [4.78, 5) is 4.81. The molecule has 2 aromatic heterocycles. The van der Waals surface area contributed by atoms with Crippen molar-refractivity contribution in [3.63, 3.8) is 0 Å². The number of aromatic nitrogens is 3. The molecule has 1 N–H and O–H groups in total. The SMILES string of the molecule is Oc1cccc(-n2c(-c3ccccc3)cn3c4ccccc4nc23)c1. The summed E-state index contributed by atoms with van der Waals surface area (Å²) in [6, 6.07) is 25.6. The molecule has 4 heteroatoms. The van der Waals surface area contributed by atoms with Crippen LogP contribution in [0.2, 0.25) is 0 Å². The Morgan fingerprint density at radius 3 is 2.44 bits per heavy atom. The predicted octanol–water partition coefficient (Wildman–Crippen LogP) is 4.65. The second-order valence-electron chi connectivity index (χ2n) is 6.01. The number of phenols is 1. The molecule has 5 aromatic rings. The Morgan fingerprint density at radius 2 is 1.60 bits per heavy atom. The molecular weight excluding hydrogens is 310 g/mol. The molecule has 2 heterocycles. The van der Waals surface area contributed by atoms with Gasteiger partial charge in [0.15, 0.2) is 0 Å². The molecular formula is C21H15N3O. The predicted molar refractivity (Wildman–Crippen MR) is 99.1 cm³/mol. The fourth-order valence-electron chi connectivity index (χ4n) is 3.30. The lowest BCUT2D eigenvalue weighted by Gasteiger charge is -2.09. The first kappa shape index (κ1) is 13.9. The van der Waals surface area contributed by atoms with E-state index in [1.165, 1.54) is 0 Å². The molecule has 0 aliphatic carbocycles. The van der Waals surface area contributed by atoms with Gasteiger partial charge in [-0.3, -0.25) is 8.97 Å². The van der Waals surface area contributed by atoms with Crippen LogP contribution in [0.4, 0.5) is 0 Å². The van der Waals surface area contributed by atoms with E-state index in [1.807, 2.05) is 48.5 Å². The van der Waals surface area contributed by atoms with Crippen LogP contribution in [0.15, 0.2) is 85.1 Å². The van der Waals surface area contributed by atoms with Gasteiger partial charge in [-0.2, -0.15) is 0 Å². The van der Waals surface area contributed by atoms with Crippen molar-refractivity contribution >= 4 is 16.8 Å². The maximum Gasteiger partial charge on any atom is 0.220 e. The zero-order valence-electron chi connectivity index (χ0n) is 13.4. The van der Waals surface area contributed by atoms with Crippen molar-refractivity contribution in [2.24, 2.45) is 0 Å². The molecule has 4 nitrogen and oxygen atoms in total. The fourth-order valence-corrected chi connectivity index (χ4v) is 3.30. The molecule has 0 fully saturated rings. The summed E-state index contributed by atoms with van der Waals surface area (Å²) in [5, 5.41) is 9.94. The van der Waals surface area contributed by atoms with Gasteiger partial charge < -0.3 is 5.11 Å². The molecule has 0 radical (unpaired) electrons. The highest BCUT2D eigenvalue weighted by molar-refractivity contribution is 5.82.